The van der Waals surface area contributed by atoms with E-state index in [0.29, 0.717) is 13.2 Å². The Bertz CT molecular complexity index is 364. The van der Waals surface area contributed by atoms with E-state index in [1.165, 1.54) is 4.90 Å². The maximum absolute atomic E-state index is 12.3. The summed E-state index contributed by atoms with van der Waals surface area (Å²) in [6, 6.07) is -1.06. The molecule has 0 aromatic rings. The number of likely N-dealkylation sites (tertiary alicyclic amines) is 1. The van der Waals surface area contributed by atoms with E-state index >= 15 is 0 Å². The van der Waals surface area contributed by atoms with Crippen molar-refractivity contribution in [3.8, 4) is 0 Å². The second kappa shape index (κ2) is 6.90. The van der Waals surface area contributed by atoms with Crippen LogP contribution in [0.15, 0.2) is 0 Å². The van der Waals surface area contributed by atoms with Crippen LogP contribution in [0, 0.1) is 0 Å². The molecule has 114 valence electrons. The number of ether oxygens (including phenoxy) is 1. The lowest BCUT2D eigenvalue weighted by Crippen LogP contribution is -2.58. The topological polar surface area (TPSA) is 82.1 Å². The smallest absolute Gasteiger partial charge is 0.328 e. The highest BCUT2D eigenvalue weighted by Gasteiger charge is 2.34. The molecular formula is C13H23N3O4. The van der Waals surface area contributed by atoms with Crippen LogP contribution in [0.3, 0.4) is 0 Å². The van der Waals surface area contributed by atoms with E-state index in [0.717, 1.165) is 32.5 Å². The molecule has 7 nitrogen and oxygen atoms in total. The van der Waals surface area contributed by atoms with Crippen LogP contribution in [0.1, 0.15) is 19.8 Å². The summed E-state index contributed by atoms with van der Waals surface area (Å²) in [5.41, 5.74) is 0. The average Bonchev–Trinajstić information content (AvgIpc) is 2.47. The first-order valence-electron chi connectivity index (χ1n) is 7.22. The molecule has 2 aliphatic rings. The van der Waals surface area contributed by atoms with E-state index in [2.05, 4.69) is 17.1 Å². The molecule has 2 saturated heterocycles. The van der Waals surface area contributed by atoms with Crippen molar-refractivity contribution in [2.75, 3.05) is 39.4 Å². The van der Waals surface area contributed by atoms with Gasteiger partial charge in [-0.15, -0.1) is 0 Å². The van der Waals surface area contributed by atoms with Gasteiger partial charge in [0.15, 0.2) is 6.04 Å². The molecule has 0 bridgehead atoms. The third kappa shape index (κ3) is 3.61. The summed E-state index contributed by atoms with van der Waals surface area (Å²) in [5, 5.41) is 12.1. The predicted octanol–water partition coefficient (Wildman–Crippen LogP) is -0.0343. The highest BCUT2D eigenvalue weighted by atomic mass is 16.5. The molecule has 2 N–H and O–H groups in total. The molecule has 0 radical (unpaired) electrons. The van der Waals surface area contributed by atoms with Crippen LogP contribution in [0.5, 0.6) is 0 Å². The molecule has 2 atom stereocenters. The summed E-state index contributed by atoms with van der Waals surface area (Å²) in [7, 11) is 0. The van der Waals surface area contributed by atoms with Crippen LogP contribution in [-0.2, 0) is 9.53 Å². The van der Waals surface area contributed by atoms with Crippen LogP contribution in [0.25, 0.3) is 0 Å². The summed E-state index contributed by atoms with van der Waals surface area (Å²) >= 11 is 0. The number of carbonyl (C=O) groups is 2. The highest BCUT2D eigenvalue weighted by Crippen LogP contribution is 2.12. The predicted molar refractivity (Wildman–Crippen MR) is 72.6 cm³/mol. The standard InChI is InChI=1S/C13H23N3O4/c1-2-15-5-3-4-10(8-15)14-13(19)16-6-7-20-9-11(16)12(17)18/h10-11H,2-9H2,1H3,(H,14,19)(H,17,18). The van der Waals surface area contributed by atoms with Gasteiger partial charge in [-0.2, -0.15) is 0 Å². The molecule has 2 heterocycles. The molecule has 0 spiro atoms. The van der Waals surface area contributed by atoms with Crippen molar-refractivity contribution in [3.63, 3.8) is 0 Å². The van der Waals surface area contributed by atoms with Gasteiger partial charge in [0.25, 0.3) is 0 Å². The van der Waals surface area contributed by atoms with Crippen LogP contribution < -0.4 is 5.32 Å². The van der Waals surface area contributed by atoms with Crippen molar-refractivity contribution in [1.29, 1.82) is 0 Å². The Morgan fingerprint density at radius 2 is 2.20 bits per heavy atom. The van der Waals surface area contributed by atoms with Crippen LogP contribution in [-0.4, -0.2) is 78.4 Å². The zero-order valence-electron chi connectivity index (χ0n) is 11.9. The SMILES string of the molecule is CCN1CCCC(NC(=O)N2CCOCC2C(=O)O)C1. The zero-order valence-corrected chi connectivity index (χ0v) is 11.9. The van der Waals surface area contributed by atoms with Crippen molar-refractivity contribution in [1.82, 2.24) is 15.1 Å². The number of nitrogens with one attached hydrogen (secondary N) is 1. The Labute approximate surface area is 118 Å². The number of carbonyl (C=O) groups excluding carboxylic acids is 1. The van der Waals surface area contributed by atoms with Gasteiger partial charge in [-0.05, 0) is 25.9 Å². The number of amides is 2. The maximum Gasteiger partial charge on any atom is 0.328 e. The van der Waals surface area contributed by atoms with Gasteiger partial charge in [-0.1, -0.05) is 6.92 Å². The normalized spacial score (nSPS) is 28.1. The molecule has 2 unspecified atom stereocenters. The van der Waals surface area contributed by atoms with Gasteiger partial charge < -0.3 is 25.0 Å². The lowest BCUT2D eigenvalue weighted by molar-refractivity contribution is -0.147. The first-order chi connectivity index (χ1) is 9.61. The Balaban J connectivity index is 1.91. The minimum Gasteiger partial charge on any atom is -0.480 e. The van der Waals surface area contributed by atoms with E-state index in [1.54, 1.807) is 0 Å². The van der Waals surface area contributed by atoms with Gasteiger partial charge >= 0.3 is 12.0 Å². The number of hydrogen-bond acceptors (Lipinski definition) is 4. The van der Waals surface area contributed by atoms with Gasteiger partial charge in [0.2, 0.25) is 0 Å². The van der Waals surface area contributed by atoms with Gasteiger partial charge in [-0.3, -0.25) is 0 Å². The van der Waals surface area contributed by atoms with Crippen molar-refractivity contribution in [2.24, 2.45) is 0 Å². The molecule has 7 heteroatoms. The zero-order chi connectivity index (χ0) is 14.5. The lowest BCUT2D eigenvalue weighted by atomic mass is 10.1. The van der Waals surface area contributed by atoms with E-state index in [-0.39, 0.29) is 18.7 Å². The number of nitrogens with zero attached hydrogens (tertiary/aromatic N) is 2. The monoisotopic (exact) mass is 285 g/mol. The van der Waals surface area contributed by atoms with E-state index < -0.39 is 12.0 Å². The number of morpholine rings is 1. The minimum absolute atomic E-state index is 0.0640. The number of urea groups is 1. The summed E-state index contributed by atoms with van der Waals surface area (Å²) < 4.78 is 5.14. The number of likely N-dealkylation sites (N-methyl/N-ethyl adjacent to an activating group) is 1. The quantitative estimate of drug-likeness (QED) is 0.761. The Kier molecular flexibility index (Phi) is 5.19. The Morgan fingerprint density at radius 3 is 2.90 bits per heavy atom. The first kappa shape index (κ1) is 15.1. The number of hydrogen-bond donors (Lipinski definition) is 2. The molecule has 20 heavy (non-hydrogen) atoms. The fourth-order valence-corrected chi connectivity index (χ4v) is 2.77. The van der Waals surface area contributed by atoms with E-state index in [4.69, 9.17) is 9.84 Å². The average molecular weight is 285 g/mol. The fourth-order valence-electron chi connectivity index (χ4n) is 2.77. The Morgan fingerprint density at radius 1 is 1.40 bits per heavy atom. The summed E-state index contributed by atoms with van der Waals surface area (Å²) in [4.78, 5) is 27.1. The number of rotatable bonds is 3. The third-order valence-electron chi connectivity index (χ3n) is 3.95. The number of carboxylic acid groups (broad SMARTS) is 1. The highest BCUT2D eigenvalue weighted by molar-refractivity contribution is 5.83. The molecule has 0 aromatic heterocycles. The van der Waals surface area contributed by atoms with E-state index in [9.17, 15) is 9.59 Å². The second-order valence-corrected chi connectivity index (χ2v) is 5.30. The maximum atomic E-state index is 12.3. The first-order valence-corrected chi connectivity index (χ1v) is 7.22. The van der Waals surface area contributed by atoms with Crippen molar-refractivity contribution in [2.45, 2.75) is 31.8 Å². The van der Waals surface area contributed by atoms with Crippen LogP contribution >= 0.6 is 0 Å². The fraction of sp³-hybridized carbons (Fsp3) is 0.846. The van der Waals surface area contributed by atoms with Crippen LogP contribution in [0.2, 0.25) is 0 Å². The van der Waals surface area contributed by atoms with Crippen LogP contribution in [0.4, 0.5) is 4.79 Å². The van der Waals surface area contributed by atoms with Crippen molar-refractivity contribution < 1.29 is 19.4 Å². The van der Waals surface area contributed by atoms with E-state index in [1.807, 2.05) is 0 Å². The number of piperidine rings is 1. The van der Waals surface area contributed by atoms with Gasteiger partial charge in [-0.25, -0.2) is 9.59 Å². The molecule has 0 saturated carbocycles. The molecule has 2 fully saturated rings. The molecule has 2 rings (SSSR count). The van der Waals surface area contributed by atoms with Crippen molar-refractivity contribution in [3.05, 3.63) is 0 Å². The van der Waals surface area contributed by atoms with Gasteiger partial charge in [0.1, 0.15) is 0 Å². The summed E-state index contributed by atoms with van der Waals surface area (Å²) in [5.74, 6) is -1.02. The number of aliphatic carboxylic acids is 1. The molecule has 2 amide bonds. The van der Waals surface area contributed by atoms with Gasteiger partial charge in [0.05, 0.1) is 13.2 Å². The lowest BCUT2D eigenvalue weighted by Gasteiger charge is -2.36. The molecule has 0 aliphatic carbocycles. The largest absolute Gasteiger partial charge is 0.480 e. The molecular weight excluding hydrogens is 262 g/mol. The Hall–Kier alpha value is -1.34. The van der Waals surface area contributed by atoms with Crippen molar-refractivity contribution >= 4 is 12.0 Å². The molecule has 0 aromatic carbocycles. The summed E-state index contributed by atoms with van der Waals surface area (Å²) in [6.07, 6.45) is 2.01. The second-order valence-electron chi connectivity index (χ2n) is 5.30. The third-order valence-corrected chi connectivity index (χ3v) is 3.95. The van der Waals surface area contributed by atoms with Gasteiger partial charge in [0, 0.05) is 19.1 Å². The summed E-state index contributed by atoms with van der Waals surface area (Å²) in [6.45, 7) is 5.77. The minimum atomic E-state index is -1.02. The molecule has 2 aliphatic heterocycles. The number of carboxylic acids is 1.